The van der Waals surface area contributed by atoms with Crippen molar-refractivity contribution in [3.63, 3.8) is 0 Å². The van der Waals surface area contributed by atoms with Crippen LogP contribution < -0.4 is 0 Å². The van der Waals surface area contributed by atoms with Crippen molar-refractivity contribution in [2.75, 3.05) is 11.5 Å². The summed E-state index contributed by atoms with van der Waals surface area (Å²) in [6.07, 6.45) is 0.548. The van der Waals surface area contributed by atoms with Crippen molar-refractivity contribution >= 4 is 32.3 Å². The van der Waals surface area contributed by atoms with Gasteiger partial charge in [-0.25, -0.2) is 18.1 Å². The fraction of sp³-hybridized carbons (Fsp3) is 0.368. The molecule has 1 unspecified atom stereocenters. The van der Waals surface area contributed by atoms with Crippen LogP contribution in [-0.2, 0) is 9.84 Å². The number of benzene rings is 1. The Morgan fingerprint density at radius 1 is 1.19 bits per heavy atom. The van der Waals surface area contributed by atoms with Crippen molar-refractivity contribution in [1.29, 1.82) is 0 Å². The molecule has 1 aromatic carbocycles. The standard InChI is InChI=1S/C19H20ClN3O2S/c1-11-4-5-15-12(2)9-17(21-16(15)8-11)18-13(3)22-23(19(18)20)14-6-7-26(24,25)10-14/h4-5,8-9,14H,6-7,10H2,1-3H3. The third kappa shape index (κ3) is 2.91. The average molecular weight is 390 g/mol. The van der Waals surface area contributed by atoms with Gasteiger partial charge in [0.25, 0.3) is 0 Å². The quantitative estimate of drug-likeness (QED) is 0.663. The summed E-state index contributed by atoms with van der Waals surface area (Å²) in [6, 6.07) is 8.03. The van der Waals surface area contributed by atoms with E-state index in [0.717, 1.165) is 39.0 Å². The van der Waals surface area contributed by atoms with Crippen molar-refractivity contribution in [2.45, 2.75) is 33.2 Å². The van der Waals surface area contributed by atoms with E-state index in [0.29, 0.717) is 11.6 Å². The number of nitrogens with zero attached hydrogens (tertiary/aromatic N) is 3. The van der Waals surface area contributed by atoms with E-state index < -0.39 is 9.84 Å². The van der Waals surface area contributed by atoms with Gasteiger partial charge in [0.2, 0.25) is 0 Å². The first-order valence-corrected chi connectivity index (χ1v) is 10.8. The van der Waals surface area contributed by atoms with Gasteiger partial charge in [-0.3, -0.25) is 0 Å². The highest BCUT2D eigenvalue weighted by Gasteiger charge is 2.32. The van der Waals surface area contributed by atoms with Gasteiger partial charge in [-0.1, -0.05) is 23.7 Å². The molecule has 0 radical (unpaired) electrons. The molecular weight excluding hydrogens is 370 g/mol. The van der Waals surface area contributed by atoms with Gasteiger partial charge >= 0.3 is 0 Å². The van der Waals surface area contributed by atoms with Crippen molar-refractivity contribution in [2.24, 2.45) is 0 Å². The predicted octanol–water partition coefficient (Wildman–Crippen LogP) is 4.04. The first-order chi connectivity index (χ1) is 12.2. The summed E-state index contributed by atoms with van der Waals surface area (Å²) in [5.41, 5.74) is 5.51. The Balaban J connectivity index is 1.85. The van der Waals surface area contributed by atoms with Crippen LogP contribution in [0.4, 0.5) is 0 Å². The number of sulfone groups is 1. The second-order valence-electron chi connectivity index (χ2n) is 7.10. The second kappa shape index (κ2) is 6.06. The van der Waals surface area contributed by atoms with E-state index in [4.69, 9.17) is 16.6 Å². The molecule has 5 nitrogen and oxygen atoms in total. The van der Waals surface area contributed by atoms with E-state index in [9.17, 15) is 8.42 Å². The molecule has 0 bridgehead atoms. The summed E-state index contributed by atoms with van der Waals surface area (Å²) in [7, 11) is -3.00. The van der Waals surface area contributed by atoms with Crippen molar-refractivity contribution in [3.05, 3.63) is 46.2 Å². The van der Waals surface area contributed by atoms with Crippen LogP contribution in [0.15, 0.2) is 24.3 Å². The fourth-order valence-electron chi connectivity index (χ4n) is 3.66. The minimum atomic E-state index is -3.00. The molecule has 1 saturated heterocycles. The van der Waals surface area contributed by atoms with Gasteiger partial charge < -0.3 is 0 Å². The molecule has 3 heterocycles. The normalized spacial score (nSPS) is 19.3. The Labute approximate surface area is 157 Å². The SMILES string of the molecule is Cc1ccc2c(C)cc(-c3c(C)nn(C4CCS(=O)(=O)C4)c3Cl)nc2c1. The molecule has 1 fully saturated rings. The lowest BCUT2D eigenvalue weighted by Crippen LogP contribution is -2.12. The van der Waals surface area contributed by atoms with Gasteiger partial charge in [-0.15, -0.1) is 0 Å². The number of halogens is 1. The largest absolute Gasteiger partial charge is 0.249 e. The van der Waals surface area contributed by atoms with Crippen LogP contribution in [-0.4, -0.2) is 34.7 Å². The van der Waals surface area contributed by atoms with E-state index in [1.165, 1.54) is 0 Å². The number of aromatic nitrogens is 3. The highest BCUT2D eigenvalue weighted by molar-refractivity contribution is 7.91. The summed E-state index contributed by atoms with van der Waals surface area (Å²) < 4.78 is 25.3. The maximum atomic E-state index is 11.8. The molecule has 3 aromatic rings. The van der Waals surface area contributed by atoms with Crippen LogP contribution >= 0.6 is 11.6 Å². The highest BCUT2D eigenvalue weighted by Crippen LogP contribution is 2.36. The summed E-state index contributed by atoms with van der Waals surface area (Å²) in [6.45, 7) is 5.98. The van der Waals surface area contributed by atoms with E-state index in [1.807, 2.05) is 19.9 Å². The molecule has 7 heteroatoms. The molecule has 0 N–H and O–H groups in total. The summed E-state index contributed by atoms with van der Waals surface area (Å²) in [5.74, 6) is 0.283. The molecule has 26 heavy (non-hydrogen) atoms. The van der Waals surface area contributed by atoms with Gasteiger partial charge in [0.15, 0.2) is 9.84 Å². The molecule has 0 amide bonds. The first kappa shape index (κ1) is 17.5. The van der Waals surface area contributed by atoms with Gasteiger partial charge in [0.1, 0.15) is 5.15 Å². The molecule has 0 saturated carbocycles. The monoisotopic (exact) mass is 389 g/mol. The number of rotatable bonds is 2. The fourth-order valence-corrected chi connectivity index (χ4v) is 5.76. The zero-order valence-electron chi connectivity index (χ0n) is 15.0. The van der Waals surface area contributed by atoms with Crippen LogP contribution in [0.1, 0.15) is 29.3 Å². The molecule has 1 aliphatic rings. The molecule has 0 spiro atoms. The van der Waals surface area contributed by atoms with Crippen LogP contribution in [0.25, 0.3) is 22.2 Å². The Morgan fingerprint density at radius 2 is 1.96 bits per heavy atom. The highest BCUT2D eigenvalue weighted by atomic mass is 35.5. The van der Waals surface area contributed by atoms with E-state index in [1.54, 1.807) is 4.68 Å². The lowest BCUT2D eigenvalue weighted by atomic mass is 10.0. The maximum Gasteiger partial charge on any atom is 0.152 e. The average Bonchev–Trinajstić information content (AvgIpc) is 3.05. The maximum absolute atomic E-state index is 11.8. The number of hydrogen-bond donors (Lipinski definition) is 0. The van der Waals surface area contributed by atoms with Crippen LogP contribution in [0, 0.1) is 20.8 Å². The summed E-state index contributed by atoms with van der Waals surface area (Å²) in [5, 5.41) is 6.12. The third-order valence-corrected chi connectivity index (χ3v) is 7.12. The number of fused-ring (bicyclic) bond motifs is 1. The van der Waals surface area contributed by atoms with Crippen molar-refractivity contribution in [1.82, 2.24) is 14.8 Å². The Hall–Kier alpha value is -1.92. The minimum Gasteiger partial charge on any atom is -0.249 e. The molecular formula is C19H20ClN3O2S. The number of pyridine rings is 1. The number of hydrogen-bond acceptors (Lipinski definition) is 4. The summed E-state index contributed by atoms with van der Waals surface area (Å²) in [4.78, 5) is 4.80. The second-order valence-corrected chi connectivity index (χ2v) is 9.68. The van der Waals surface area contributed by atoms with E-state index in [-0.39, 0.29) is 17.5 Å². The molecule has 4 rings (SSSR count). The van der Waals surface area contributed by atoms with Crippen LogP contribution in [0.3, 0.4) is 0 Å². The molecule has 2 aromatic heterocycles. The lowest BCUT2D eigenvalue weighted by molar-refractivity contribution is 0.498. The molecule has 136 valence electrons. The Kier molecular flexibility index (Phi) is 4.08. The Bertz CT molecular complexity index is 1140. The first-order valence-electron chi connectivity index (χ1n) is 8.58. The van der Waals surface area contributed by atoms with Crippen LogP contribution in [0.2, 0.25) is 5.15 Å². The molecule has 0 aliphatic carbocycles. The Morgan fingerprint density at radius 3 is 2.65 bits per heavy atom. The van der Waals surface area contributed by atoms with E-state index >= 15 is 0 Å². The summed E-state index contributed by atoms with van der Waals surface area (Å²) >= 11 is 6.64. The van der Waals surface area contributed by atoms with Crippen molar-refractivity contribution in [3.8, 4) is 11.3 Å². The smallest absolute Gasteiger partial charge is 0.152 e. The van der Waals surface area contributed by atoms with Gasteiger partial charge in [-0.05, 0) is 50.5 Å². The van der Waals surface area contributed by atoms with E-state index in [2.05, 4.69) is 30.2 Å². The predicted molar refractivity (Wildman–Crippen MR) is 104 cm³/mol. The van der Waals surface area contributed by atoms with Crippen molar-refractivity contribution < 1.29 is 8.42 Å². The van der Waals surface area contributed by atoms with Gasteiger partial charge in [0.05, 0.1) is 40.0 Å². The van der Waals surface area contributed by atoms with Crippen LogP contribution in [0.5, 0.6) is 0 Å². The molecule has 1 aliphatic heterocycles. The number of aryl methyl sites for hydroxylation is 3. The minimum absolute atomic E-state index is 0.0939. The van der Waals surface area contributed by atoms with Gasteiger partial charge in [0, 0.05) is 5.39 Å². The molecule has 1 atom stereocenters. The zero-order chi connectivity index (χ0) is 18.6. The van der Waals surface area contributed by atoms with Gasteiger partial charge in [-0.2, -0.15) is 5.10 Å². The topological polar surface area (TPSA) is 64.8 Å². The lowest BCUT2D eigenvalue weighted by Gasteiger charge is -2.10. The zero-order valence-corrected chi connectivity index (χ0v) is 16.5. The third-order valence-electron chi connectivity index (χ3n) is 5.01.